The monoisotopic (exact) mass is 409 g/mol. The second-order valence-corrected chi connectivity index (χ2v) is 10.0. The summed E-state index contributed by atoms with van der Waals surface area (Å²) in [5.41, 5.74) is 5.84. The van der Waals surface area contributed by atoms with Crippen LogP contribution in [0.1, 0.15) is 162 Å². The highest BCUT2D eigenvalue weighted by Crippen LogP contribution is 2.49. The van der Waals surface area contributed by atoms with Crippen LogP contribution in [0.3, 0.4) is 0 Å². The molecule has 0 radical (unpaired) electrons. The zero-order valence-electron chi connectivity index (χ0n) is 20.5. The molecule has 0 aromatic rings. The van der Waals surface area contributed by atoms with Gasteiger partial charge in [0.2, 0.25) is 0 Å². The number of hydrogen-bond donors (Lipinski definition) is 1. The molecule has 1 rings (SSSR count). The van der Waals surface area contributed by atoms with Crippen molar-refractivity contribution in [3.8, 4) is 0 Å². The third-order valence-corrected chi connectivity index (χ3v) is 7.29. The molecule has 1 aliphatic rings. The Morgan fingerprint density at radius 2 is 0.828 bits per heavy atom. The van der Waals surface area contributed by atoms with E-state index in [1.165, 1.54) is 128 Å². The zero-order valence-corrected chi connectivity index (χ0v) is 20.5. The highest BCUT2D eigenvalue weighted by Gasteiger charge is 2.62. The van der Waals surface area contributed by atoms with Gasteiger partial charge in [-0.15, -0.1) is 0 Å². The Bertz CT molecular complexity index is 372. The van der Waals surface area contributed by atoms with E-state index >= 15 is 0 Å². The average molecular weight is 410 g/mol. The molecule has 2 N–H and O–H groups in total. The minimum atomic E-state index is -0.319. The van der Waals surface area contributed by atoms with Gasteiger partial charge >= 0.3 is 0 Å². The lowest BCUT2D eigenvalue weighted by atomic mass is 9.94. The SMILES string of the molecule is CCCCCCCCCCCCCCCCCCCCCCC1(C)OC1(N)CC. The number of unbranched alkanes of at least 4 members (excludes halogenated alkanes) is 19. The largest absolute Gasteiger partial charge is 0.347 e. The molecule has 0 spiro atoms. The maximum Gasteiger partial charge on any atom is 0.146 e. The first kappa shape index (κ1) is 27.0. The van der Waals surface area contributed by atoms with Crippen molar-refractivity contribution >= 4 is 0 Å². The van der Waals surface area contributed by atoms with Gasteiger partial charge in [-0.25, -0.2) is 0 Å². The lowest BCUT2D eigenvalue weighted by molar-refractivity contribution is 0.258. The lowest BCUT2D eigenvalue weighted by Crippen LogP contribution is -2.32. The first-order chi connectivity index (χ1) is 14.1. The molecule has 174 valence electrons. The lowest BCUT2D eigenvalue weighted by Gasteiger charge is -2.10. The average Bonchev–Trinajstić information content (AvgIpc) is 3.27. The molecule has 1 aliphatic heterocycles. The number of rotatable bonds is 22. The predicted octanol–water partition coefficient (Wildman–Crippen LogP) is 9.05. The molecule has 29 heavy (non-hydrogen) atoms. The van der Waals surface area contributed by atoms with Gasteiger partial charge in [0.15, 0.2) is 0 Å². The van der Waals surface area contributed by atoms with Crippen LogP contribution in [0, 0.1) is 0 Å². The van der Waals surface area contributed by atoms with Gasteiger partial charge in [-0.1, -0.05) is 142 Å². The van der Waals surface area contributed by atoms with Crippen LogP contribution in [-0.4, -0.2) is 11.3 Å². The van der Waals surface area contributed by atoms with E-state index in [-0.39, 0.29) is 11.3 Å². The van der Waals surface area contributed by atoms with Gasteiger partial charge in [-0.3, -0.25) is 0 Å². The Hall–Kier alpha value is -0.0800. The Morgan fingerprint density at radius 3 is 1.10 bits per heavy atom. The molecule has 0 aliphatic carbocycles. The van der Waals surface area contributed by atoms with Crippen LogP contribution in [-0.2, 0) is 4.74 Å². The van der Waals surface area contributed by atoms with Crippen LogP contribution < -0.4 is 5.73 Å². The third kappa shape index (κ3) is 12.4. The Morgan fingerprint density at radius 1 is 0.517 bits per heavy atom. The summed E-state index contributed by atoms with van der Waals surface area (Å²) >= 11 is 0. The molecule has 2 atom stereocenters. The Labute approximate surface area is 184 Å². The van der Waals surface area contributed by atoms with E-state index in [1.54, 1.807) is 0 Å². The molecule has 1 heterocycles. The highest BCUT2D eigenvalue weighted by atomic mass is 16.6. The number of ether oxygens (including phenoxy) is 1. The molecule has 0 amide bonds. The maximum atomic E-state index is 6.19. The summed E-state index contributed by atoms with van der Waals surface area (Å²) in [5, 5.41) is 0. The first-order valence-corrected chi connectivity index (χ1v) is 13.6. The molecular formula is C27H55NO. The molecule has 1 saturated heterocycles. The van der Waals surface area contributed by atoms with E-state index in [1.807, 2.05) is 0 Å². The van der Waals surface area contributed by atoms with Crippen LogP contribution in [0.25, 0.3) is 0 Å². The van der Waals surface area contributed by atoms with E-state index in [4.69, 9.17) is 10.5 Å². The van der Waals surface area contributed by atoms with Crippen LogP contribution in [0.5, 0.6) is 0 Å². The van der Waals surface area contributed by atoms with Crippen molar-refractivity contribution in [3.63, 3.8) is 0 Å². The van der Waals surface area contributed by atoms with Gasteiger partial charge in [-0.2, -0.15) is 0 Å². The van der Waals surface area contributed by atoms with Gasteiger partial charge in [0, 0.05) is 0 Å². The van der Waals surface area contributed by atoms with Crippen molar-refractivity contribution in [3.05, 3.63) is 0 Å². The summed E-state index contributed by atoms with van der Waals surface area (Å²) in [6.07, 6.45) is 30.8. The summed E-state index contributed by atoms with van der Waals surface area (Å²) < 4.78 is 5.76. The molecule has 0 aromatic carbocycles. The van der Waals surface area contributed by atoms with E-state index in [0.29, 0.717) is 0 Å². The van der Waals surface area contributed by atoms with Gasteiger partial charge < -0.3 is 10.5 Å². The quantitative estimate of drug-likeness (QED) is 0.143. The zero-order chi connectivity index (χ0) is 21.3. The maximum absolute atomic E-state index is 6.19. The van der Waals surface area contributed by atoms with Gasteiger partial charge in [0.25, 0.3) is 0 Å². The summed E-state index contributed by atoms with van der Waals surface area (Å²) in [5.74, 6) is 0. The standard InChI is InChI=1S/C27H55NO/c1-4-6-7-8-9-10-11-12-13-14-15-16-17-18-19-20-21-22-23-24-25-26(3)27(28,5-2)29-26/h4-25,28H2,1-3H3. The van der Waals surface area contributed by atoms with Crippen molar-refractivity contribution in [2.45, 2.75) is 173 Å². The van der Waals surface area contributed by atoms with Crippen molar-refractivity contribution in [1.29, 1.82) is 0 Å². The fourth-order valence-electron chi connectivity index (χ4n) is 4.80. The number of epoxide rings is 1. The highest BCUT2D eigenvalue weighted by molar-refractivity contribution is 5.08. The minimum absolute atomic E-state index is 0.0318. The molecule has 0 bridgehead atoms. The van der Waals surface area contributed by atoms with E-state index in [2.05, 4.69) is 20.8 Å². The fraction of sp³-hybridized carbons (Fsp3) is 1.00. The van der Waals surface area contributed by atoms with Crippen LogP contribution in [0.4, 0.5) is 0 Å². The van der Waals surface area contributed by atoms with Crippen molar-refractivity contribution in [1.82, 2.24) is 0 Å². The Kier molecular flexibility index (Phi) is 15.4. The van der Waals surface area contributed by atoms with Crippen molar-refractivity contribution in [2.75, 3.05) is 0 Å². The van der Waals surface area contributed by atoms with Crippen LogP contribution >= 0.6 is 0 Å². The summed E-state index contributed by atoms with van der Waals surface area (Å²) in [6, 6.07) is 0. The van der Waals surface area contributed by atoms with E-state index < -0.39 is 0 Å². The van der Waals surface area contributed by atoms with E-state index in [9.17, 15) is 0 Å². The van der Waals surface area contributed by atoms with Gasteiger partial charge in [0.1, 0.15) is 11.3 Å². The summed E-state index contributed by atoms with van der Waals surface area (Å²) in [7, 11) is 0. The molecule has 0 aromatic heterocycles. The normalized spacial score (nSPS) is 23.6. The Balaban J connectivity index is 1.69. The third-order valence-electron chi connectivity index (χ3n) is 7.29. The topological polar surface area (TPSA) is 38.5 Å². The molecule has 2 nitrogen and oxygen atoms in total. The molecule has 1 fully saturated rings. The summed E-state index contributed by atoms with van der Waals surface area (Å²) in [4.78, 5) is 0. The molecule has 2 heteroatoms. The molecular weight excluding hydrogens is 354 g/mol. The molecule has 0 saturated carbocycles. The van der Waals surface area contributed by atoms with Gasteiger partial charge in [0.05, 0.1) is 0 Å². The first-order valence-electron chi connectivity index (χ1n) is 13.6. The minimum Gasteiger partial charge on any atom is -0.347 e. The van der Waals surface area contributed by atoms with E-state index in [0.717, 1.165) is 12.8 Å². The number of hydrogen-bond acceptors (Lipinski definition) is 2. The fourth-order valence-corrected chi connectivity index (χ4v) is 4.80. The van der Waals surface area contributed by atoms with Crippen LogP contribution in [0.15, 0.2) is 0 Å². The number of nitrogens with two attached hydrogens (primary N) is 1. The molecule has 2 unspecified atom stereocenters. The predicted molar refractivity (Wildman–Crippen MR) is 129 cm³/mol. The smallest absolute Gasteiger partial charge is 0.146 e. The van der Waals surface area contributed by atoms with Gasteiger partial charge in [-0.05, 0) is 19.8 Å². The van der Waals surface area contributed by atoms with Crippen molar-refractivity contribution in [2.24, 2.45) is 5.73 Å². The summed E-state index contributed by atoms with van der Waals surface area (Å²) in [6.45, 7) is 6.61. The van der Waals surface area contributed by atoms with Crippen molar-refractivity contribution < 1.29 is 4.74 Å². The second-order valence-electron chi connectivity index (χ2n) is 10.0. The second kappa shape index (κ2) is 16.6. The van der Waals surface area contributed by atoms with Crippen LogP contribution in [0.2, 0.25) is 0 Å².